The minimum Gasteiger partial charge on any atom is -0.494 e. The van der Waals surface area contributed by atoms with E-state index in [1.807, 2.05) is 6.07 Å². The molecule has 0 atom stereocenters. The quantitative estimate of drug-likeness (QED) is 0.288. The smallest absolute Gasteiger partial charge is 0.257 e. The maximum atomic E-state index is 12.5. The molecule has 3 aromatic carbocycles. The van der Waals surface area contributed by atoms with Crippen molar-refractivity contribution in [2.45, 2.75) is 0 Å². The summed E-state index contributed by atoms with van der Waals surface area (Å²) in [5.74, 6) is -0.256. The van der Waals surface area contributed by atoms with Crippen LogP contribution in [0.2, 0.25) is 5.02 Å². The Hall–Kier alpha value is -2.69. The second-order valence-corrected chi connectivity index (χ2v) is 8.33. The molecule has 6 nitrogen and oxygen atoms in total. The van der Waals surface area contributed by atoms with Gasteiger partial charge in [-0.2, -0.15) is 0 Å². The molecule has 158 valence electrons. The van der Waals surface area contributed by atoms with Crippen LogP contribution in [-0.4, -0.2) is 24.0 Å². The fourth-order valence-corrected chi connectivity index (χ4v) is 3.65. The lowest BCUT2D eigenvalue weighted by molar-refractivity contribution is 0.0976. The number of carbonyl (C=O) groups excluding carboxylic acids is 2. The molecule has 0 bridgehead atoms. The van der Waals surface area contributed by atoms with Crippen molar-refractivity contribution < 1.29 is 14.3 Å². The lowest BCUT2D eigenvalue weighted by Crippen LogP contribution is -2.34. The molecule has 9 heteroatoms. The highest BCUT2D eigenvalue weighted by atomic mass is 127. The van der Waals surface area contributed by atoms with Crippen LogP contribution in [0.5, 0.6) is 5.75 Å². The molecule has 0 aliphatic rings. The Morgan fingerprint density at radius 1 is 0.968 bits per heavy atom. The van der Waals surface area contributed by atoms with Gasteiger partial charge in [0.2, 0.25) is 0 Å². The van der Waals surface area contributed by atoms with Crippen molar-refractivity contribution in [3.05, 3.63) is 86.4 Å². The van der Waals surface area contributed by atoms with Crippen LogP contribution in [0.25, 0.3) is 0 Å². The summed E-state index contributed by atoms with van der Waals surface area (Å²) in [7, 11) is 1.49. The van der Waals surface area contributed by atoms with E-state index < -0.39 is 0 Å². The highest BCUT2D eigenvalue weighted by molar-refractivity contribution is 14.1. The van der Waals surface area contributed by atoms with Gasteiger partial charge in [-0.15, -0.1) is 0 Å². The zero-order chi connectivity index (χ0) is 22.4. The maximum absolute atomic E-state index is 12.5. The van der Waals surface area contributed by atoms with Crippen molar-refractivity contribution in [2.75, 3.05) is 17.7 Å². The predicted octanol–water partition coefficient (Wildman–Crippen LogP) is 5.33. The number of anilines is 2. The molecule has 0 saturated carbocycles. The third-order valence-corrected chi connectivity index (χ3v) is 5.34. The molecule has 3 aromatic rings. The summed E-state index contributed by atoms with van der Waals surface area (Å²) in [6.45, 7) is 0. The molecule has 0 aliphatic carbocycles. The van der Waals surface area contributed by atoms with Crippen LogP contribution >= 0.6 is 46.4 Å². The number of halogens is 2. The number of methoxy groups -OCH3 is 1. The van der Waals surface area contributed by atoms with Crippen molar-refractivity contribution in [1.82, 2.24) is 5.32 Å². The zero-order valence-corrected chi connectivity index (χ0v) is 20.0. The Kier molecular flexibility index (Phi) is 7.83. The molecule has 3 rings (SSSR count). The summed E-state index contributed by atoms with van der Waals surface area (Å²) in [6, 6.07) is 19.0. The predicted molar refractivity (Wildman–Crippen MR) is 135 cm³/mol. The average Bonchev–Trinajstić information content (AvgIpc) is 2.74. The Bertz CT molecular complexity index is 1160. The zero-order valence-electron chi connectivity index (χ0n) is 16.2. The molecule has 0 radical (unpaired) electrons. The number of carbonyl (C=O) groups is 2. The van der Waals surface area contributed by atoms with Gasteiger partial charge in [0.25, 0.3) is 11.8 Å². The number of hydrogen-bond acceptors (Lipinski definition) is 4. The number of benzene rings is 3. The van der Waals surface area contributed by atoms with Gasteiger partial charge in [-0.05, 0) is 77.3 Å². The van der Waals surface area contributed by atoms with Crippen LogP contribution in [0.4, 0.5) is 11.4 Å². The van der Waals surface area contributed by atoms with Crippen molar-refractivity contribution in [3.8, 4) is 5.75 Å². The molecule has 0 saturated heterocycles. The second-order valence-electron chi connectivity index (χ2n) is 6.27. The molecule has 0 fully saturated rings. The van der Waals surface area contributed by atoms with Crippen molar-refractivity contribution >= 4 is 74.7 Å². The number of rotatable bonds is 5. The van der Waals surface area contributed by atoms with Crippen molar-refractivity contribution in [1.29, 1.82) is 0 Å². The summed E-state index contributed by atoms with van der Waals surface area (Å²) in [5, 5.41) is 8.84. The third kappa shape index (κ3) is 6.16. The van der Waals surface area contributed by atoms with Crippen LogP contribution in [0.15, 0.2) is 66.7 Å². The van der Waals surface area contributed by atoms with E-state index in [4.69, 9.17) is 28.6 Å². The summed E-state index contributed by atoms with van der Waals surface area (Å²) in [4.78, 5) is 24.8. The van der Waals surface area contributed by atoms with Gasteiger partial charge in [0.15, 0.2) is 5.11 Å². The van der Waals surface area contributed by atoms with Crippen LogP contribution < -0.4 is 20.7 Å². The van der Waals surface area contributed by atoms with E-state index in [2.05, 4.69) is 38.5 Å². The second kappa shape index (κ2) is 10.6. The number of thiocarbonyl (C=S) groups is 1. The molecule has 0 heterocycles. The topological polar surface area (TPSA) is 79.5 Å². The molecular weight excluding hydrogens is 549 g/mol. The lowest BCUT2D eigenvalue weighted by atomic mass is 10.2. The van der Waals surface area contributed by atoms with Crippen molar-refractivity contribution in [3.63, 3.8) is 0 Å². The SMILES string of the molecule is COc1cc(NC(=S)NC(=O)c2cccc(I)c2)ccc1NC(=O)c1ccccc1Cl. The van der Waals surface area contributed by atoms with Crippen LogP contribution in [0, 0.1) is 3.57 Å². The van der Waals surface area contributed by atoms with Gasteiger partial charge >= 0.3 is 0 Å². The summed E-state index contributed by atoms with van der Waals surface area (Å²) < 4.78 is 6.33. The highest BCUT2D eigenvalue weighted by Gasteiger charge is 2.14. The van der Waals surface area contributed by atoms with E-state index in [9.17, 15) is 9.59 Å². The van der Waals surface area contributed by atoms with Crippen LogP contribution in [-0.2, 0) is 0 Å². The first kappa shape index (κ1) is 23.0. The van der Waals surface area contributed by atoms with E-state index >= 15 is 0 Å². The van der Waals surface area contributed by atoms with Gasteiger partial charge in [-0.25, -0.2) is 0 Å². The first-order valence-corrected chi connectivity index (χ1v) is 10.9. The van der Waals surface area contributed by atoms with Crippen molar-refractivity contribution in [2.24, 2.45) is 0 Å². The standard InChI is InChI=1S/C22H17ClIN3O3S/c1-30-19-12-15(25-22(31)27-20(28)13-5-4-6-14(24)11-13)9-10-18(19)26-21(29)16-7-2-3-8-17(16)23/h2-12H,1H3,(H,26,29)(H2,25,27,28,31). The minimum atomic E-state index is -0.357. The number of ether oxygens (including phenoxy) is 1. The molecule has 0 aromatic heterocycles. The van der Waals surface area contributed by atoms with Gasteiger partial charge in [0.1, 0.15) is 5.75 Å². The summed E-state index contributed by atoms with van der Waals surface area (Å²) in [6.07, 6.45) is 0. The van der Waals surface area contributed by atoms with Gasteiger partial charge in [0.05, 0.1) is 23.4 Å². The van der Waals surface area contributed by atoms with Crippen LogP contribution in [0.1, 0.15) is 20.7 Å². The Labute approximate surface area is 203 Å². The Balaban J connectivity index is 1.68. The number of amides is 2. The average molecular weight is 566 g/mol. The van der Waals surface area contributed by atoms with Gasteiger partial charge in [-0.3, -0.25) is 14.9 Å². The molecule has 0 aliphatic heterocycles. The lowest BCUT2D eigenvalue weighted by Gasteiger charge is -2.14. The largest absolute Gasteiger partial charge is 0.494 e. The monoisotopic (exact) mass is 565 g/mol. The fourth-order valence-electron chi connectivity index (χ4n) is 2.67. The van der Waals surface area contributed by atoms with Gasteiger partial charge in [0, 0.05) is 20.9 Å². The molecule has 0 spiro atoms. The first-order chi connectivity index (χ1) is 14.9. The highest BCUT2D eigenvalue weighted by Crippen LogP contribution is 2.29. The molecule has 0 unspecified atom stereocenters. The number of nitrogens with one attached hydrogen (secondary N) is 3. The minimum absolute atomic E-state index is 0.138. The number of hydrogen-bond donors (Lipinski definition) is 3. The third-order valence-electron chi connectivity index (χ3n) is 4.14. The van der Waals surface area contributed by atoms with Gasteiger partial charge < -0.3 is 15.4 Å². The van der Waals surface area contributed by atoms with E-state index in [0.717, 1.165) is 3.57 Å². The van der Waals surface area contributed by atoms with E-state index in [0.29, 0.717) is 33.3 Å². The fraction of sp³-hybridized carbons (Fsp3) is 0.0455. The Morgan fingerprint density at radius 2 is 1.74 bits per heavy atom. The Morgan fingerprint density at radius 3 is 2.45 bits per heavy atom. The summed E-state index contributed by atoms with van der Waals surface area (Å²) in [5.41, 5.74) is 1.91. The molecule has 3 N–H and O–H groups in total. The molecule has 2 amide bonds. The van der Waals surface area contributed by atoms with Crippen LogP contribution in [0.3, 0.4) is 0 Å². The van der Waals surface area contributed by atoms with E-state index in [-0.39, 0.29) is 16.9 Å². The normalized spacial score (nSPS) is 10.2. The maximum Gasteiger partial charge on any atom is 0.257 e. The molecular formula is C22H17ClIN3O3S. The van der Waals surface area contributed by atoms with Gasteiger partial charge in [-0.1, -0.05) is 29.8 Å². The van der Waals surface area contributed by atoms with E-state index in [1.54, 1.807) is 60.7 Å². The molecule has 31 heavy (non-hydrogen) atoms. The first-order valence-electron chi connectivity index (χ1n) is 8.99. The van der Waals surface area contributed by atoms with E-state index in [1.165, 1.54) is 7.11 Å². The summed E-state index contributed by atoms with van der Waals surface area (Å²) >= 11 is 13.5.